The van der Waals surface area contributed by atoms with Gasteiger partial charge >= 0.3 is 0 Å². The predicted molar refractivity (Wildman–Crippen MR) is 93.4 cm³/mol. The lowest BCUT2D eigenvalue weighted by Crippen LogP contribution is -2.49. The van der Waals surface area contributed by atoms with Crippen molar-refractivity contribution in [1.82, 2.24) is 4.90 Å². The maximum atomic E-state index is 12.3. The molecule has 128 valence electrons. The van der Waals surface area contributed by atoms with E-state index in [4.69, 9.17) is 9.15 Å². The van der Waals surface area contributed by atoms with Crippen LogP contribution in [0.1, 0.15) is 19.1 Å². The van der Waals surface area contributed by atoms with Crippen LogP contribution in [-0.4, -0.2) is 43.6 Å². The molecule has 1 aliphatic rings. The number of aryl methyl sites for hydroxylation is 1. The van der Waals surface area contributed by atoms with Gasteiger partial charge in [0.2, 0.25) is 5.91 Å². The first kappa shape index (κ1) is 16.4. The largest absolute Gasteiger partial charge is 0.492 e. The summed E-state index contributed by atoms with van der Waals surface area (Å²) in [4.78, 5) is 16.6. The molecule has 24 heavy (non-hydrogen) atoms. The van der Waals surface area contributed by atoms with Crippen molar-refractivity contribution in [3.05, 3.63) is 48.4 Å². The first-order valence-corrected chi connectivity index (χ1v) is 8.55. The molecule has 1 amide bonds. The van der Waals surface area contributed by atoms with E-state index in [1.165, 1.54) is 0 Å². The van der Waals surface area contributed by atoms with Crippen LogP contribution < -0.4 is 9.64 Å². The Morgan fingerprint density at radius 1 is 1.12 bits per heavy atom. The van der Waals surface area contributed by atoms with Crippen molar-refractivity contribution in [1.29, 1.82) is 0 Å². The van der Waals surface area contributed by atoms with Crippen LogP contribution in [0, 0.1) is 0 Å². The fraction of sp³-hybridized carbons (Fsp3) is 0.421. The number of benzene rings is 1. The summed E-state index contributed by atoms with van der Waals surface area (Å²) in [6.45, 7) is 5.80. The summed E-state index contributed by atoms with van der Waals surface area (Å²) in [5.74, 6) is 1.98. The number of para-hydroxylation sites is 2. The first-order valence-electron chi connectivity index (χ1n) is 8.55. The van der Waals surface area contributed by atoms with Crippen molar-refractivity contribution in [2.45, 2.75) is 19.8 Å². The van der Waals surface area contributed by atoms with Crippen LogP contribution in [0.4, 0.5) is 5.69 Å². The number of furan rings is 1. The second-order valence-electron chi connectivity index (χ2n) is 5.85. The molecular weight excluding hydrogens is 304 g/mol. The summed E-state index contributed by atoms with van der Waals surface area (Å²) in [5, 5.41) is 0. The highest BCUT2D eigenvalue weighted by atomic mass is 16.5. The molecule has 0 unspecified atom stereocenters. The fourth-order valence-electron chi connectivity index (χ4n) is 3.04. The minimum atomic E-state index is 0.198. The summed E-state index contributed by atoms with van der Waals surface area (Å²) in [6.07, 6.45) is 2.82. The predicted octanol–water partition coefficient (Wildman–Crippen LogP) is 2.96. The maximum absolute atomic E-state index is 12.3. The highest BCUT2D eigenvalue weighted by Crippen LogP contribution is 2.28. The Bertz CT molecular complexity index is 646. The van der Waals surface area contributed by atoms with E-state index in [1.807, 2.05) is 42.2 Å². The molecule has 3 rings (SSSR count). The molecule has 2 aromatic rings. The van der Waals surface area contributed by atoms with Crippen LogP contribution in [0.15, 0.2) is 47.1 Å². The number of hydrogen-bond acceptors (Lipinski definition) is 4. The Balaban J connectivity index is 1.53. The normalized spacial score (nSPS) is 14.7. The van der Waals surface area contributed by atoms with Crippen LogP contribution in [-0.2, 0) is 11.2 Å². The third-order valence-electron chi connectivity index (χ3n) is 4.30. The quantitative estimate of drug-likeness (QED) is 0.818. The Morgan fingerprint density at radius 3 is 2.62 bits per heavy atom. The number of carbonyl (C=O) groups excluding carboxylic acids is 1. The smallest absolute Gasteiger partial charge is 0.223 e. The van der Waals surface area contributed by atoms with Gasteiger partial charge in [-0.15, -0.1) is 0 Å². The van der Waals surface area contributed by atoms with E-state index >= 15 is 0 Å². The zero-order valence-corrected chi connectivity index (χ0v) is 14.1. The Kier molecular flexibility index (Phi) is 5.41. The molecule has 0 aliphatic carbocycles. The molecule has 5 heteroatoms. The van der Waals surface area contributed by atoms with E-state index in [1.54, 1.807) is 6.26 Å². The molecule has 1 saturated heterocycles. The Hall–Kier alpha value is -2.43. The van der Waals surface area contributed by atoms with Crippen molar-refractivity contribution in [2.24, 2.45) is 0 Å². The van der Waals surface area contributed by atoms with Crippen LogP contribution in [0.25, 0.3) is 0 Å². The molecule has 5 nitrogen and oxygen atoms in total. The second kappa shape index (κ2) is 7.90. The number of anilines is 1. The minimum Gasteiger partial charge on any atom is -0.492 e. The molecule has 0 atom stereocenters. The standard InChI is InChI=1S/C19H24N2O3/c1-2-23-18-8-4-3-7-17(18)20-11-13-21(14-12-20)19(22)10-9-16-6-5-15-24-16/h3-8,15H,2,9-14H2,1H3. The van der Waals surface area contributed by atoms with Crippen molar-refractivity contribution >= 4 is 11.6 Å². The highest BCUT2D eigenvalue weighted by Gasteiger charge is 2.22. The summed E-state index contributed by atoms with van der Waals surface area (Å²) in [6, 6.07) is 11.9. The molecule has 0 radical (unpaired) electrons. The van der Waals surface area contributed by atoms with Crippen LogP contribution in [0.3, 0.4) is 0 Å². The molecule has 1 aromatic carbocycles. The van der Waals surface area contributed by atoms with Crippen molar-refractivity contribution in [3.8, 4) is 5.75 Å². The molecule has 2 heterocycles. The van der Waals surface area contributed by atoms with Gasteiger partial charge in [-0.3, -0.25) is 4.79 Å². The highest BCUT2D eigenvalue weighted by molar-refractivity contribution is 5.76. The van der Waals surface area contributed by atoms with Gasteiger partial charge in [-0.05, 0) is 31.2 Å². The maximum Gasteiger partial charge on any atom is 0.223 e. The summed E-state index contributed by atoms with van der Waals surface area (Å²) in [7, 11) is 0. The van der Waals surface area contributed by atoms with E-state index in [9.17, 15) is 4.79 Å². The molecule has 1 fully saturated rings. The summed E-state index contributed by atoms with van der Waals surface area (Å²) < 4.78 is 11.0. The third kappa shape index (κ3) is 3.91. The second-order valence-corrected chi connectivity index (χ2v) is 5.85. The monoisotopic (exact) mass is 328 g/mol. The topological polar surface area (TPSA) is 45.9 Å². The molecule has 1 aromatic heterocycles. The van der Waals surface area contributed by atoms with Gasteiger partial charge in [-0.2, -0.15) is 0 Å². The van der Waals surface area contributed by atoms with Gasteiger partial charge in [0.1, 0.15) is 11.5 Å². The number of amides is 1. The molecule has 1 aliphatic heterocycles. The van der Waals surface area contributed by atoms with E-state index in [2.05, 4.69) is 11.0 Å². The Morgan fingerprint density at radius 2 is 1.92 bits per heavy atom. The van der Waals surface area contributed by atoms with Gasteiger partial charge in [0.05, 0.1) is 18.6 Å². The van der Waals surface area contributed by atoms with Crippen LogP contribution >= 0.6 is 0 Å². The number of rotatable bonds is 6. The number of carbonyl (C=O) groups is 1. The van der Waals surface area contributed by atoms with Gasteiger partial charge in [0.15, 0.2) is 0 Å². The zero-order chi connectivity index (χ0) is 16.8. The van der Waals surface area contributed by atoms with Gasteiger partial charge in [-0.25, -0.2) is 0 Å². The van der Waals surface area contributed by atoms with E-state index in [0.717, 1.165) is 43.4 Å². The Labute approximate surface area is 142 Å². The lowest BCUT2D eigenvalue weighted by Gasteiger charge is -2.36. The van der Waals surface area contributed by atoms with Crippen molar-refractivity contribution < 1.29 is 13.9 Å². The lowest BCUT2D eigenvalue weighted by atomic mass is 10.2. The van der Waals surface area contributed by atoms with E-state index < -0.39 is 0 Å². The first-order chi connectivity index (χ1) is 11.8. The molecule has 0 saturated carbocycles. The van der Waals surface area contributed by atoms with Gasteiger partial charge in [-0.1, -0.05) is 12.1 Å². The minimum absolute atomic E-state index is 0.198. The molecule has 0 bridgehead atoms. The number of nitrogens with zero attached hydrogens (tertiary/aromatic N) is 2. The summed E-state index contributed by atoms with van der Waals surface area (Å²) in [5.41, 5.74) is 1.11. The molecule has 0 spiro atoms. The van der Waals surface area contributed by atoms with Gasteiger partial charge in [0.25, 0.3) is 0 Å². The zero-order valence-electron chi connectivity index (χ0n) is 14.1. The summed E-state index contributed by atoms with van der Waals surface area (Å²) >= 11 is 0. The SMILES string of the molecule is CCOc1ccccc1N1CCN(C(=O)CCc2ccco2)CC1. The number of ether oxygens (including phenoxy) is 1. The van der Waals surface area contributed by atoms with Crippen LogP contribution in [0.5, 0.6) is 5.75 Å². The molecular formula is C19H24N2O3. The fourth-order valence-corrected chi connectivity index (χ4v) is 3.04. The van der Waals surface area contributed by atoms with Gasteiger partial charge < -0.3 is 19.0 Å². The average molecular weight is 328 g/mol. The third-order valence-corrected chi connectivity index (χ3v) is 4.30. The van der Waals surface area contributed by atoms with Crippen molar-refractivity contribution in [2.75, 3.05) is 37.7 Å². The van der Waals surface area contributed by atoms with Crippen molar-refractivity contribution in [3.63, 3.8) is 0 Å². The number of hydrogen-bond donors (Lipinski definition) is 0. The molecule has 0 N–H and O–H groups in total. The van der Waals surface area contributed by atoms with Crippen LogP contribution in [0.2, 0.25) is 0 Å². The van der Waals surface area contributed by atoms with Gasteiger partial charge in [0, 0.05) is 39.0 Å². The van der Waals surface area contributed by atoms with E-state index in [0.29, 0.717) is 19.4 Å². The van der Waals surface area contributed by atoms with E-state index in [-0.39, 0.29) is 5.91 Å². The average Bonchev–Trinajstić information content (AvgIpc) is 3.14. The lowest BCUT2D eigenvalue weighted by molar-refractivity contribution is -0.131. The number of piperazine rings is 1.